The molecule has 0 fully saturated rings. The third kappa shape index (κ3) is 6.06. The van der Waals surface area contributed by atoms with Gasteiger partial charge in [0, 0.05) is 12.3 Å². The van der Waals surface area contributed by atoms with Crippen LogP contribution in [-0.2, 0) is 10.5 Å². The maximum Gasteiger partial charge on any atom is 0.191 e. The van der Waals surface area contributed by atoms with Crippen molar-refractivity contribution >= 4 is 47.0 Å². The highest BCUT2D eigenvalue weighted by Gasteiger charge is 2.19. The fraction of sp³-hybridized carbons (Fsp3) is 0.192. The molecule has 4 rings (SSSR count). The summed E-state index contributed by atoms with van der Waals surface area (Å²) in [4.78, 5) is 8.94. The number of nitrogens with one attached hydrogen (secondary N) is 1. The van der Waals surface area contributed by atoms with Gasteiger partial charge in [-0.15, -0.1) is 0 Å². The Morgan fingerprint density at radius 2 is 1.97 bits per heavy atom. The number of benzene rings is 1. The van der Waals surface area contributed by atoms with Crippen LogP contribution in [0.4, 0.5) is 5.82 Å². The number of nitrogen functional groups attached to an aromatic ring is 1. The SMILES string of the molecule is CCOC1=CC=CC(=c2nc(N)c(=CC(N)=NSCc3ccc(Cl)cn3)n2-c2c(OC)cccc2OC)N1. The van der Waals surface area contributed by atoms with Crippen LogP contribution in [0.1, 0.15) is 12.6 Å². The van der Waals surface area contributed by atoms with Gasteiger partial charge >= 0.3 is 0 Å². The van der Waals surface area contributed by atoms with Crippen molar-refractivity contribution in [3.8, 4) is 17.2 Å². The van der Waals surface area contributed by atoms with Crippen LogP contribution >= 0.6 is 23.5 Å². The number of amidine groups is 1. The van der Waals surface area contributed by atoms with Gasteiger partial charge in [-0.1, -0.05) is 23.7 Å². The average Bonchev–Trinajstić information content (AvgIpc) is 3.24. The molecule has 0 atom stereocenters. The number of nitrogens with zero attached hydrogens (tertiary/aromatic N) is 4. The van der Waals surface area contributed by atoms with Crippen LogP contribution in [0.25, 0.3) is 17.5 Å². The summed E-state index contributed by atoms with van der Waals surface area (Å²) < 4.78 is 23.3. The lowest BCUT2D eigenvalue weighted by Gasteiger charge is -2.17. The first-order chi connectivity index (χ1) is 18.4. The third-order valence-electron chi connectivity index (χ3n) is 5.33. The van der Waals surface area contributed by atoms with Crippen LogP contribution in [0, 0.1) is 0 Å². The summed E-state index contributed by atoms with van der Waals surface area (Å²) in [6.07, 6.45) is 8.82. The molecule has 0 saturated heterocycles. The zero-order valence-electron chi connectivity index (χ0n) is 21.1. The van der Waals surface area contributed by atoms with Gasteiger partial charge < -0.3 is 31.0 Å². The van der Waals surface area contributed by atoms with E-state index in [1.807, 2.05) is 54.0 Å². The minimum absolute atomic E-state index is 0.240. The Balaban J connectivity index is 1.86. The third-order valence-corrected chi connectivity index (χ3v) is 6.32. The van der Waals surface area contributed by atoms with Gasteiger partial charge in [-0.25, -0.2) is 4.98 Å². The minimum Gasteiger partial charge on any atom is -0.494 e. The normalized spacial score (nSPS) is 15.2. The Bertz CT molecular complexity index is 1490. The summed E-state index contributed by atoms with van der Waals surface area (Å²) in [5.41, 5.74) is 15.3. The minimum atomic E-state index is 0.240. The van der Waals surface area contributed by atoms with E-state index < -0.39 is 0 Å². The van der Waals surface area contributed by atoms with Crippen molar-refractivity contribution in [2.45, 2.75) is 12.7 Å². The monoisotopic (exact) mass is 553 g/mol. The lowest BCUT2D eigenvalue weighted by atomic mass is 10.2. The number of anilines is 1. The predicted octanol–water partition coefficient (Wildman–Crippen LogP) is 2.65. The molecule has 5 N–H and O–H groups in total. The molecule has 0 unspecified atom stereocenters. The molecule has 2 aromatic heterocycles. The number of allylic oxidation sites excluding steroid dienone is 2. The number of hydrogen-bond donors (Lipinski definition) is 3. The van der Waals surface area contributed by atoms with Gasteiger partial charge in [-0.05, 0) is 55.3 Å². The highest BCUT2D eigenvalue weighted by atomic mass is 35.5. The van der Waals surface area contributed by atoms with E-state index in [-0.39, 0.29) is 11.7 Å². The van der Waals surface area contributed by atoms with E-state index in [0.717, 1.165) is 5.69 Å². The number of imidazole rings is 1. The molecule has 198 valence electrons. The number of methoxy groups -OCH3 is 2. The Morgan fingerprint density at radius 1 is 1.21 bits per heavy atom. The molecule has 10 nitrogen and oxygen atoms in total. The zero-order chi connectivity index (χ0) is 27.1. The number of para-hydroxylation sites is 1. The summed E-state index contributed by atoms with van der Waals surface area (Å²) in [5, 5.41) is 4.34. The maximum absolute atomic E-state index is 6.45. The summed E-state index contributed by atoms with van der Waals surface area (Å²) in [6.45, 7) is 2.42. The lowest BCUT2D eigenvalue weighted by molar-refractivity contribution is 0.215. The number of rotatable bonds is 9. The number of pyridine rings is 1. The predicted molar refractivity (Wildman–Crippen MR) is 152 cm³/mol. The van der Waals surface area contributed by atoms with Gasteiger partial charge in [0.15, 0.2) is 17.2 Å². The number of ether oxygens (including phenoxy) is 3. The van der Waals surface area contributed by atoms with Crippen LogP contribution in [0.5, 0.6) is 11.5 Å². The molecule has 0 spiro atoms. The molecule has 0 bridgehead atoms. The standard InChI is InChI=1S/C26H28ClN7O3S/c1-4-37-23-10-5-7-18(31-23)26-32-25(29)19(34(26)24-20(35-2)8-6-9-21(24)36-3)13-22(28)33-38-15-17-12-11-16(27)14-30-17/h5-14,31H,4,15H2,1-3H3,(H2,28,33)(H2,29,32). The molecule has 3 aromatic rings. The zero-order valence-corrected chi connectivity index (χ0v) is 22.7. The molecule has 1 aromatic carbocycles. The van der Waals surface area contributed by atoms with Crippen LogP contribution in [0.15, 0.2) is 65.0 Å². The van der Waals surface area contributed by atoms with E-state index in [9.17, 15) is 0 Å². The van der Waals surface area contributed by atoms with Crippen molar-refractivity contribution in [2.75, 3.05) is 26.6 Å². The fourth-order valence-corrected chi connectivity index (χ4v) is 4.38. The molecule has 1 aliphatic rings. The number of aromatic nitrogens is 3. The topological polar surface area (TPSA) is 135 Å². The van der Waals surface area contributed by atoms with Gasteiger partial charge in [-0.3, -0.25) is 9.55 Å². The molecule has 0 aliphatic carbocycles. The molecule has 0 amide bonds. The molecule has 0 radical (unpaired) electrons. The first kappa shape index (κ1) is 27.0. The van der Waals surface area contributed by atoms with E-state index in [4.69, 9.17) is 37.3 Å². The number of dihydropyridines is 1. The lowest BCUT2D eigenvalue weighted by Crippen LogP contribution is -2.33. The van der Waals surface area contributed by atoms with Crippen LogP contribution < -0.4 is 37.1 Å². The Morgan fingerprint density at radius 3 is 2.63 bits per heavy atom. The van der Waals surface area contributed by atoms with Crippen molar-refractivity contribution in [1.29, 1.82) is 0 Å². The summed E-state index contributed by atoms with van der Waals surface area (Å²) in [5.74, 6) is 2.69. The highest BCUT2D eigenvalue weighted by molar-refractivity contribution is 7.97. The van der Waals surface area contributed by atoms with Crippen molar-refractivity contribution in [3.63, 3.8) is 0 Å². The summed E-state index contributed by atoms with van der Waals surface area (Å²) in [6, 6.07) is 9.11. The Labute approximate surface area is 229 Å². The average molecular weight is 554 g/mol. The summed E-state index contributed by atoms with van der Waals surface area (Å²) >= 11 is 7.17. The van der Waals surface area contributed by atoms with Crippen LogP contribution in [0.3, 0.4) is 0 Å². The second-order valence-corrected chi connectivity index (χ2v) is 8.98. The quantitative estimate of drug-likeness (QED) is 0.207. The van der Waals surface area contributed by atoms with Gasteiger partial charge in [-0.2, -0.15) is 4.40 Å². The first-order valence-electron chi connectivity index (χ1n) is 11.6. The molecule has 3 heterocycles. The van der Waals surface area contributed by atoms with Crippen molar-refractivity contribution in [3.05, 3.63) is 82.2 Å². The highest BCUT2D eigenvalue weighted by Crippen LogP contribution is 2.31. The van der Waals surface area contributed by atoms with Crippen molar-refractivity contribution in [1.82, 2.24) is 19.9 Å². The Kier molecular flexibility index (Phi) is 8.82. The fourth-order valence-electron chi connectivity index (χ4n) is 3.70. The van der Waals surface area contributed by atoms with Gasteiger partial charge in [0.05, 0.1) is 48.3 Å². The van der Waals surface area contributed by atoms with E-state index in [1.165, 1.54) is 11.9 Å². The maximum atomic E-state index is 6.45. The Hall–Kier alpha value is -4.09. The van der Waals surface area contributed by atoms with E-state index in [0.29, 0.717) is 57.0 Å². The van der Waals surface area contributed by atoms with Crippen LogP contribution in [-0.4, -0.2) is 41.2 Å². The molecule has 0 saturated carbocycles. The first-order valence-corrected chi connectivity index (χ1v) is 12.9. The van der Waals surface area contributed by atoms with E-state index in [2.05, 4.69) is 19.7 Å². The van der Waals surface area contributed by atoms with E-state index in [1.54, 1.807) is 32.6 Å². The van der Waals surface area contributed by atoms with Crippen LogP contribution in [0.2, 0.25) is 5.02 Å². The molecule has 1 aliphatic heterocycles. The molecule has 12 heteroatoms. The second-order valence-electron chi connectivity index (χ2n) is 7.82. The number of hydrogen-bond acceptors (Lipinski definition) is 9. The smallest absolute Gasteiger partial charge is 0.191 e. The largest absolute Gasteiger partial charge is 0.494 e. The molecular formula is C26H28ClN7O3S. The summed E-state index contributed by atoms with van der Waals surface area (Å²) in [7, 11) is 3.17. The van der Waals surface area contributed by atoms with Gasteiger partial charge in [0.1, 0.15) is 23.0 Å². The van der Waals surface area contributed by atoms with Crippen molar-refractivity contribution in [2.24, 2.45) is 10.1 Å². The molecule has 38 heavy (non-hydrogen) atoms. The van der Waals surface area contributed by atoms with Crippen molar-refractivity contribution < 1.29 is 14.2 Å². The molecular weight excluding hydrogens is 526 g/mol. The second kappa shape index (κ2) is 12.4. The van der Waals surface area contributed by atoms with Gasteiger partial charge in [0.25, 0.3) is 0 Å². The number of halogens is 1. The van der Waals surface area contributed by atoms with E-state index >= 15 is 0 Å². The number of nitrogens with two attached hydrogens (primary N) is 2. The van der Waals surface area contributed by atoms with Gasteiger partial charge in [0.2, 0.25) is 0 Å².